The molecule has 1 aromatic carbocycles. The Hall–Kier alpha value is -1.31. The third-order valence-corrected chi connectivity index (χ3v) is 1.81. The lowest BCUT2D eigenvalue weighted by Crippen LogP contribution is -1.97. The summed E-state index contributed by atoms with van der Waals surface area (Å²) in [5.41, 5.74) is 2.23. The summed E-state index contributed by atoms with van der Waals surface area (Å²) < 4.78 is 4.79. The van der Waals surface area contributed by atoms with Crippen LogP contribution in [-0.4, -0.2) is 6.47 Å². The molecule has 0 saturated heterocycles. The average Bonchev–Trinajstić information content (AvgIpc) is 2.06. The van der Waals surface area contributed by atoms with Crippen LogP contribution in [0.2, 0.25) is 0 Å². The summed E-state index contributed by atoms with van der Waals surface area (Å²) in [6.07, 6.45) is -0.150. The summed E-state index contributed by atoms with van der Waals surface area (Å²) in [5.74, 6) is 0. The maximum atomic E-state index is 10.0. The van der Waals surface area contributed by atoms with Crippen LogP contribution in [0.25, 0.3) is 0 Å². The molecule has 0 heterocycles. The van der Waals surface area contributed by atoms with E-state index < -0.39 is 0 Å². The maximum absolute atomic E-state index is 10.0. The zero-order valence-electron chi connectivity index (χ0n) is 7.28. The fourth-order valence-electron chi connectivity index (χ4n) is 0.999. The van der Waals surface area contributed by atoms with Crippen LogP contribution >= 0.6 is 0 Å². The Morgan fingerprint density at radius 2 is 1.92 bits per heavy atom. The third kappa shape index (κ3) is 2.09. The lowest BCUT2D eigenvalue weighted by Gasteiger charge is -2.09. The van der Waals surface area contributed by atoms with Crippen molar-refractivity contribution in [3.8, 4) is 0 Å². The quantitative estimate of drug-likeness (QED) is 0.640. The molecular formula is C10H12O2. The van der Waals surface area contributed by atoms with Gasteiger partial charge >= 0.3 is 0 Å². The molecule has 0 spiro atoms. The first-order valence-electron chi connectivity index (χ1n) is 3.89. The van der Waals surface area contributed by atoms with E-state index in [1.54, 1.807) is 0 Å². The maximum Gasteiger partial charge on any atom is 0.293 e. The van der Waals surface area contributed by atoms with Crippen molar-refractivity contribution in [3.63, 3.8) is 0 Å². The molecule has 0 aromatic heterocycles. The Balaban J connectivity index is 2.74. The van der Waals surface area contributed by atoms with Crippen molar-refractivity contribution in [1.82, 2.24) is 0 Å². The van der Waals surface area contributed by atoms with E-state index in [1.807, 2.05) is 38.1 Å². The molecule has 0 N–H and O–H groups in total. The van der Waals surface area contributed by atoms with E-state index in [9.17, 15) is 4.79 Å². The van der Waals surface area contributed by atoms with E-state index in [0.29, 0.717) is 6.47 Å². The molecule has 0 amide bonds. The minimum Gasteiger partial charge on any atom is -0.460 e. The van der Waals surface area contributed by atoms with Gasteiger partial charge in [0.15, 0.2) is 0 Å². The second kappa shape index (κ2) is 3.90. The van der Waals surface area contributed by atoms with Crippen molar-refractivity contribution >= 4 is 6.47 Å². The highest BCUT2D eigenvalue weighted by Gasteiger charge is 2.03. The Kier molecular flexibility index (Phi) is 2.86. The minimum atomic E-state index is -0.150. The van der Waals surface area contributed by atoms with E-state index in [2.05, 4.69) is 0 Å². The molecular weight excluding hydrogens is 152 g/mol. The van der Waals surface area contributed by atoms with Gasteiger partial charge in [-0.3, -0.25) is 4.79 Å². The van der Waals surface area contributed by atoms with Crippen LogP contribution in [0.5, 0.6) is 0 Å². The third-order valence-electron chi connectivity index (χ3n) is 1.81. The molecule has 2 nitrogen and oxygen atoms in total. The van der Waals surface area contributed by atoms with Gasteiger partial charge in [0.2, 0.25) is 0 Å². The predicted molar refractivity (Wildman–Crippen MR) is 46.7 cm³/mol. The van der Waals surface area contributed by atoms with Gasteiger partial charge in [-0.25, -0.2) is 0 Å². The normalized spacial score (nSPS) is 12.2. The number of benzene rings is 1. The van der Waals surface area contributed by atoms with Gasteiger partial charge in [-0.15, -0.1) is 0 Å². The highest BCUT2D eigenvalue weighted by atomic mass is 16.5. The molecule has 2 heteroatoms. The molecule has 0 aliphatic rings. The summed E-state index contributed by atoms with van der Waals surface area (Å²) >= 11 is 0. The van der Waals surface area contributed by atoms with Crippen LogP contribution in [0.3, 0.4) is 0 Å². The molecule has 0 radical (unpaired) electrons. The van der Waals surface area contributed by atoms with Crippen molar-refractivity contribution < 1.29 is 9.53 Å². The molecule has 0 fully saturated rings. The fraction of sp³-hybridized carbons (Fsp3) is 0.300. The second-order valence-electron chi connectivity index (χ2n) is 2.79. The summed E-state index contributed by atoms with van der Waals surface area (Å²) in [6, 6.07) is 7.92. The highest BCUT2D eigenvalue weighted by Crippen LogP contribution is 2.15. The van der Waals surface area contributed by atoms with Crippen molar-refractivity contribution in [2.45, 2.75) is 20.0 Å². The van der Waals surface area contributed by atoms with Gasteiger partial charge in [-0.2, -0.15) is 0 Å². The fourth-order valence-corrected chi connectivity index (χ4v) is 0.999. The lowest BCUT2D eigenvalue weighted by molar-refractivity contribution is -0.133. The average molecular weight is 164 g/mol. The number of hydrogen-bond acceptors (Lipinski definition) is 2. The molecule has 1 rings (SSSR count). The van der Waals surface area contributed by atoms with Crippen LogP contribution in [0.4, 0.5) is 0 Å². The van der Waals surface area contributed by atoms with Crippen LogP contribution < -0.4 is 0 Å². The van der Waals surface area contributed by atoms with E-state index in [0.717, 1.165) is 5.56 Å². The molecule has 1 atom stereocenters. The minimum absolute atomic E-state index is 0.150. The SMILES string of the molecule is Cc1ccc(C(C)OC=O)cc1. The molecule has 12 heavy (non-hydrogen) atoms. The second-order valence-corrected chi connectivity index (χ2v) is 2.79. The molecule has 1 unspecified atom stereocenters. The largest absolute Gasteiger partial charge is 0.460 e. The first-order valence-corrected chi connectivity index (χ1v) is 3.89. The standard InChI is InChI=1S/C10H12O2/c1-8-3-5-10(6-4-8)9(2)12-7-11/h3-7,9H,1-2H3. The molecule has 0 bridgehead atoms. The van der Waals surface area contributed by atoms with Crippen LogP contribution in [0.15, 0.2) is 24.3 Å². The van der Waals surface area contributed by atoms with E-state index >= 15 is 0 Å². The monoisotopic (exact) mass is 164 g/mol. The summed E-state index contributed by atoms with van der Waals surface area (Å²) in [6.45, 7) is 4.35. The van der Waals surface area contributed by atoms with Gasteiger partial charge in [0.05, 0.1) is 0 Å². The van der Waals surface area contributed by atoms with E-state index in [1.165, 1.54) is 5.56 Å². The van der Waals surface area contributed by atoms with Crippen molar-refractivity contribution in [1.29, 1.82) is 0 Å². The number of rotatable bonds is 3. The molecule has 1 aromatic rings. The van der Waals surface area contributed by atoms with Gasteiger partial charge in [0.25, 0.3) is 6.47 Å². The number of carbonyl (C=O) groups is 1. The Morgan fingerprint density at radius 1 is 1.33 bits per heavy atom. The van der Waals surface area contributed by atoms with Crippen molar-refractivity contribution in [3.05, 3.63) is 35.4 Å². The smallest absolute Gasteiger partial charge is 0.293 e. The Bertz CT molecular complexity index is 251. The Morgan fingerprint density at radius 3 is 2.42 bits per heavy atom. The Labute approximate surface area is 72.2 Å². The number of carbonyl (C=O) groups excluding carboxylic acids is 1. The molecule has 64 valence electrons. The van der Waals surface area contributed by atoms with Crippen LogP contribution in [-0.2, 0) is 9.53 Å². The summed E-state index contributed by atoms with van der Waals surface area (Å²) in [5, 5.41) is 0. The van der Waals surface area contributed by atoms with Crippen LogP contribution in [0, 0.1) is 6.92 Å². The molecule has 0 aliphatic carbocycles. The molecule has 0 saturated carbocycles. The summed E-state index contributed by atoms with van der Waals surface area (Å²) in [4.78, 5) is 10.0. The van der Waals surface area contributed by atoms with Crippen molar-refractivity contribution in [2.24, 2.45) is 0 Å². The number of hydrogen-bond donors (Lipinski definition) is 0. The van der Waals surface area contributed by atoms with E-state index in [-0.39, 0.29) is 6.10 Å². The predicted octanol–water partition coefficient (Wildman–Crippen LogP) is 2.23. The first kappa shape index (κ1) is 8.78. The van der Waals surface area contributed by atoms with Gasteiger partial charge in [0, 0.05) is 0 Å². The van der Waals surface area contributed by atoms with E-state index in [4.69, 9.17) is 4.74 Å². The molecule has 0 aliphatic heterocycles. The van der Waals surface area contributed by atoms with Gasteiger partial charge < -0.3 is 4.74 Å². The van der Waals surface area contributed by atoms with Crippen LogP contribution in [0.1, 0.15) is 24.2 Å². The topological polar surface area (TPSA) is 26.3 Å². The summed E-state index contributed by atoms with van der Waals surface area (Å²) in [7, 11) is 0. The first-order chi connectivity index (χ1) is 5.74. The number of aryl methyl sites for hydroxylation is 1. The van der Waals surface area contributed by atoms with Gasteiger partial charge in [0.1, 0.15) is 6.10 Å². The number of ether oxygens (including phenoxy) is 1. The van der Waals surface area contributed by atoms with Gasteiger partial charge in [-0.05, 0) is 19.4 Å². The highest BCUT2D eigenvalue weighted by molar-refractivity contribution is 5.38. The zero-order valence-corrected chi connectivity index (χ0v) is 7.28. The zero-order chi connectivity index (χ0) is 8.97. The van der Waals surface area contributed by atoms with Gasteiger partial charge in [-0.1, -0.05) is 29.8 Å². The van der Waals surface area contributed by atoms with Crippen molar-refractivity contribution in [2.75, 3.05) is 0 Å². The lowest BCUT2D eigenvalue weighted by atomic mass is 10.1.